The van der Waals surface area contributed by atoms with E-state index in [1.54, 1.807) is 13.0 Å². The van der Waals surface area contributed by atoms with Gasteiger partial charge in [0.05, 0.1) is 0 Å². The molecule has 20 heavy (non-hydrogen) atoms. The van der Waals surface area contributed by atoms with Crippen LogP contribution in [-0.4, -0.2) is 11.1 Å². The van der Waals surface area contributed by atoms with Gasteiger partial charge in [-0.3, -0.25) is 0 Å². The summed E-state index contributed by atoms with van der Waals surface area (Å²) in [5.74, 6) is 0.248. The minimum Gasteiger partial charge on any atom is -0.485 e. The standard InChI is InChI=1S/C16H18O4/c1-9-5-10(2)14(11(3)6-9)19-8-13-7-12(4)15(20-13)16(17)18/h5-7H,8H2,1-4H3,(H,17,18). The van der Waals surface area contributed by atoms with E-state index in [4.69, 9.17) is 14.3 Å². The van der Waals surface area contributed by atoms with Crippen LogP contribution in [0.4, 0.5) is 0 Å². The normalized spacial score (nSPS) is 10.6. The van der Waals surface area contributed by atoms with Crippen LogP contribution in [0.2, 0.25) is 0 Å². The van der Waals surface area contributed by atoms with E-state index in [1.807, 2.05) is 20.8 Å². The Balaban J connectivity index is 2.17. The molecule has 0 saturated heterocycles. The van der Waals surface area contributed by atoms with Crippen molar-refractivity contribution in [3.8, 4) is 5.75 Å². The van der Waals surface area contributed by atoms with Gasteiger partial charge in [0.2, 0.25) is 5.76 Å². The Kier molecular flexibility index (Phi) is 3.84. The summed E-state index contributed by atoms with van der Waals surface area (Å²) in [6.07, 6.45) is 0. The summed E-state index contributed by atoms with van der Waals surface area (Å²) in [6.45, 7) is 7.95. The lowest BCUT2D eigenvalue weighted by molar-refractivity contribution is 0.0657. The number of hydrogen-bond donors (Lipinski definition) is 1. The molecule has 0 aliphatic heterocycles. The molecule has 0 atom stereocenters. The first-order valence-electron chi connectivity index (χ1n) is 6.41. The van der Waals surface area contributed by atoms with Gasteiger partial charge in [0.1, 0.15) is 18.1 Å². The van der Waals surface area contributed by atoms with E-state index in [1.165, 1.54) is 5.56 Å². The monoisotopic (exact) mass is 274 g/mol. The topological polar surface area (TPSA) is 59.7 Å². The van der Waals surface area contributed by atoms with Crippen LogP contribution < -0.4 is 4.74 Å². The first-order chi connectivity index (χ1) is 9.38. The second kappa shape index (κ2) is 5.41. The van der Waals surface area contributed by atoms with Crippen LogP contribution in [0.25, 0.3) is 0 Å². The fourth-order valence-corrected chi connectivity index (χ4v) is 2.37. The summed E-state index contributed by atoms with van der Waals surface area (Å²) in [7, 11) is 0. The maximum Gasteiger partial charge on any atom is 0.372 e. The Bertz CT molecular complexity index is 629. The van der Waals surface area contributed by atoms with Crippen molar-refractivity contribution in [2.24, 2.45) is 0 Å². The van der Waals surface area contributed by atoms with Crippen LogP contribution in [0.15, 0.2) is 22.6 Å². The Hall–Kier alpha value is -2.23. The van der Waals surface area contributed by atoms with Crippen LogP contribution in [0.1, 0.15) is 38.6 Å². The number of rotatable bonds is 4. The van der Waals surface area contributed by atoms with E-state index >= 15 is 0 Å². The lowest BCUT2D eigenvalue weighted by Crippen LogP contribution is -1.99. The van der Waals surface area contributed by atoms with Crippen molar-refractivity contribution in [2.75, 3.05) is 0 Å². The second-order valence-electron chi connectivity index (χ2n) is 5.05. The number of benzene rings is 1. The summed E-state index contributed by atoms with van der Waals surface area (Å²) < 4.78 is 11.0. The summed E-state index contributed by atoms with van der Waals surface area (Å²) in [5.41, 5.74) is 3.91. The van der Waals surface area contributed by atoms with E-state index in [0.717, 1.165) is 16.9 Å². The first kappa shape index (κ1) is 14.2. The minimum absolute atomic E-state index is 0.0269. The quantitative estimate of drug-likeness (QED) is 0.921. The van der Waals surface area contributed by atoms with E-state index in [9.17, 15) is 4.79 Å². The maximum absolute atomic E-state index is 10.9. The molecule has 0 saturated carbocycles. The van der Waals surface area contributed by atoms with E-state index in [-0.39, 0.29) is 12.4 Å². The molecular formula is C16H18O4. The molecule has 106 valence electrons. The van der Waals surface area contributed by atoms with Gasteiger partial charge in [-0.2, -0.15) is 0 Å². The molecule has 4 nitrogen and oxygen atoms in total. The molecule has 2 aromatic rings. The number of furan rings is 1. The number of aryl methyl sites for hydroxylation is 4. The highest BCUT2D eigenvalue weighted by atomic mass is 16.5. The lowest BCUT2D eigenvalue weighted by Gasteiger charge is -2.12. The molecule has 0 aliphatic rings. The van der Waals surface area contributed by atoms with Crippen LogP contribution >= 0.6 is 0 Å². The zero-order valence-electron chi connectivity index (χ0n) is 12.1. The largest absolute Gasteiger partial charge is 0.485 e. The highest BCUT2D eigenvalue weighted by Gasteiger charge is 2.15. The van der Waals surface area contributed by atoms with E-state index < -0.39 is 5.97 Å². The number of ether oxygens (including phenoxy) is 1. The average molecular weight is 274 g/mol. The zero-order chi connectivity index (χ0) is 14.9. The third-order valence-corrected chi connectivity index (χ3v) is 3.13. The Morgan fingerprint density at radius 3 is 2.20 bits per heavy atom. The molecule has 0 fully saturated rings. The smallest absolute Gasteiger partial charge is 0.372 e. The van der Waals surface area contributed by atoms with Gasteiger partial charge in [-0.05, 0) is 44.9 Å². The van der Waals surface area contributed by atoms with Gasteiger partial charge < -0.3 is 14.3 Å². The molecule has 0 spiro atoms. The number of aromatic carboxylic acids is 1. The lowest BCUT2D eigenvalue weighted by atomic mass is 10.1. The SMILES string of the molecule is Cc1cc(C)c(OCc2cc(C)c(C(=O)O)o2)c(C)c1. The van der Waals surface area contributed by atoms with Crippen molar-refractivity contribution in [2.45, 2.75) is 34.3 Å². The van der Waals surface area contributed by atoms with Crippen molar-refractivity contribution in [3.05, 3.63) is 52.0 Å². The van der Waals surface area contributed by atoms with Crippen molar-refractivity contribution in [1.29, 1.82) is 0 Å². The van der Waals surface area contributed by atoms with Crippen molar-refractivity contribution in [1.82, 2.24) is 0 Å². The summed E-state index contributed by atoms with van der Waals surface area (Å²) >= 11 is 0. The number of carboxylic acids is 1. The number of carbonyl (C=O) groups is 1. The van der Waals surface area contributed by atoms with Gasteiger partial charge in [-0.15, -0.1) is 0 Å². The minimum atomic E-state index is -1.06. The van der Waals surface area contributed by atoms with Gasteiger partial charge >= 0.3 is 5.97 Å². The molecule has 1 aromatic carbocycles. The highest BCUT2D eigenvalue weighted by Crippen LogP contribution is 2.26. The zero-order valence-corrected chi connectivity index (χ0v) is 12.1. The molecule has 0 amide bonds. The van der Waals surface area contributed by atoms with E-state index in [2.05, 4.69) is 12.1 Å². The Labute approximate surface area is 118 Å². The summed E-state index contributed by atoms with van der Waals surface area (Å²) in [4.78, 5) is 10.9. The fourth-order valence-electron chi connectivity index (χ4n) is 2.37. The van der Waals surface area contributed by atoms with Crippen molar-refractivity contribution in [3.63, 3.8) is 0 Å². The van der Waals surface area contributed by atoms with Gasteiger partial charge in [-0.25, -0.2) is 4.79 Å². The third kappa shape index (κ3) is 2.85. The molecule has 0 bridgehead atoms. The van der Waals surface area contributed by atoms with Crippen molar-refractivity contribution >= 4 is 5.97 Å². The van der Waals surface area contributed by atoms with Gasteiger partial charge in [0, 0.05) is 5.56 Å². The molecule has 1 aromatic heterocycles. The molecule has 4 heteroatoms. The number of hydrogen-bond acceptors (Lipinski definition) is 3. The third-order valence-electron chi connectivity index (χ3n) is 3.13. The predicted molar refractivity (Wildman–Crippen MR) is 75.4 cm³/mol. The Morgan fingerprint density at radius 2 is 1.70 bits per heavy atom. The summed E-state index contributed by atoms with van der Waals surface area (Å²) in [6, 6.07) is 5.80. The molecular weight excluding hydrogens is 256 g/mol. The van der Waals surface area contributed by atoms with Crippen LogP contribution in [-0.2, 0) is 6.61 Å². The van der Waals surface area contributed by atoms with Gasteiger partial charge in [-0.1, -0.05) is 17.7 Å². The molecule has 0 radical (unpaired) electrons. The first-order valence-corrected chi connectivity index (χ1v) is 6.41. The van der Waals surface area contributed by atoms with E-state index in [0.29, 0.717) is 11.3 Å². The van der Waals surface area contributed by atoms with Crippen LogP contribution in [0.5, 0.6) is 5.75 Å². The maximum atomic E-state index is 10.9. The second-order valence-corrected chi connectivity index (χ2v) is 5.05. The number of carboxylic acid groups (broad SMARTS) is 1. The molecule has 1 heterocycles. The fraction of sp³-hybridized carbons (Fsp3) is 0.312. The summed E-state index contributed by atoms with van der Waals surface area (Å²) in [5, 5.41) is 8.95. The molecule has 2 rings (SSSR count). The van der Waals surface area contributed by atoms with Crippen LogP contribution in [0.3, 0.4) is 0 Å². The van der Waals surface area contributed by atoms with Crippen LogP contribution in [0, 0.1) is 27.7 Å². The predicted octanol–water partition coefficient (Wildman–Crippen LogP) is 3.79. The molecule has 0 unspecified atom stereocenters. The van der Waals surface area contributed by atoms with Gasteiger partial charge in [0.15, 0.2) is 0 Å². The Morgan fingerprint density at radius 1 is 1.10 bits per heavy atom. The molecule has 1 N–H and O–H groups in total. The van der Waals surface area contributed by atoms with Gasteiger partial charge in [0.25, 0.3) is 0 Å². The highest BCUT2D eigenvalue weighted by molar-refractivity contribution is 5.86. The van der Waals surface area contributed by atoms with Crippen molar-refractivity contribution < 1.29 is 19.1 Å². The average Bonchev–Trinajstić information content (AvgIpc) is 2.69. The molecule has 0 aliphatic carbocycles.